The minimum atomic E-state index is -0.482. The van der Waals surface area contributed by atoms with E-state index in [0.717, 1.165) is 0 Å². The standard InChI is InChI=1S/C16H18FNO2S/c1-16(2,3)13(19)8-15-18(14(20)10-21-15)9-11-5-4-6-12(17)7-11/h4-8H,9-10H2,1-3H3. The number of halogens is 1. The van der Waals surface area contributed by atoms with E-state index in [4.69, 9.17) is 0 Å². The van der Waals surface area contributed by atoms with Gasteiger partial charge in [-0.1, -0.05) is 44.7 Å². The number of carbonyl (C=O) groups excluding carboxylic acids is 2. The molecule has 1 aromatic rings. The average molecular weight is 307 g/mol. The summed E-state index contributed by atoms with van der Waals surface area (Å²) in [4.78, 5) is 25.6. The van der Waals surface area contributed by atoms with E-state index in [9.17, 15) is 14.0 Å². The van der Waals surface area contributed by atoms with Crippen LogP contribution < -0.4 is 0 Å². The summed E-state index contributed by atoms with van der Waals surface area (Å²) in [6, 6.07) is 6.15. The maximum atomic E-state index is 13.2. The normalized spacial score (nSPS) is 17.6. The molecule has 1 aromatic carbocycles. The van der Waals surface area contributed by atoms with Crippen molar-refractivity contribution in [1.82, 2.24) is 4.90 Å². The Hall–Kier alpha value is -1.62. The zero-order valence-electron chi connectivity index (χ0n) is 12.4. The number of allylic oxidation sites excluding steroid dienone is 1. The van der Waals surface area contributed by atoms with E-state index in [1.807, 2.05) is 20.8 Å². The molecule has 1 aliphatic heterocycles. The highest BCUT2D eigenvalue weighted by Gasteiger charge is 2.29. The largest absolute Gasteiger partial charge is 0.301 e. The molecule has 21 heavy (non-hydrogen) atoms. The fourth-order valence-electron chi connectivity index (χ4n) is 1.85. The summed E-state index contributed by atoms with van der Waals surface area (Å²) in [5, 5.41) is 0.643. The molecule has 1 fully saturated rings. The van der Waals surface area contributed by atoms with Gasteiger partial charge in [0, 0.05) is 11.5 Å². The molecule has 0 spiro atoms. The van der Waals surface area contributed by atoms with Gasteiger partial charge in [-0.25, -0.2) is 4.39 Å². The Morgan fingerprint density at radius 1 is 1.43 bits per heavy atom. The molecule has 2 rings (SSSR count). The minimum Gasteiger partial charge on any atom is -0.301 e. The lowest BCUT2D eigenvalue weighted by molar-refractivity contribution is -0.125. The third-order valence-electron chi connectivity index (χ3n) is 3.13. The van der Waals surface area contributed by atoms with Gasteiger partial charge in [-0.2, -0.15) is 0 Å². The van der Waals surface area contributed by atoms with Crippen LogP contribution in [0.3, 0.4) is 0 Å². The average Bonchev–Trinajstić information content (AvgIpc) is 2.70. The molecule has 0 atom stereocenters. The van der Waals surface area contributed by atoms with Crippen molar-refractivity contribution in [2.75, 3.05) is 5.75 Å². The van der Waals surface area contributed by atoms with Crippen LogP contribution in [0, 0.1) is 11.2 Å². The van der Waals surface area contributed by atoms with Crippen LogP contribution in [-0.2, 0) is 16.1 Å². The van der Waals surface area contributed by atoms with Crippen molar-refractivity contribution in [3.63, 3.8) is 0 Å². The highest BCUT2D eigenvalue weighted by atomic mass is 32.2. The number of hydrogen-bond acceptors (Lipinski definition) is 3. The molecule has 1 amide bonds. The van der Waals surface area contributed by atoms with Gasteiger partial charge in [0.25, 0.3) is 0 Å². The third kappa shape index (κ3) is 3.94. The van der Waals surface area contributed by atoms with Crippen LogP contribution in [0.1, 0.15) is 26.3 Å². The van der Waals surface area contributed by atoms with E-state index >= 15 is 0 Å². The first kappa shape index (κ1) is 15.8. The summed E-state index contributed by atoms with van der Waals surface area (Å²) in [6.45, 7) is 5.80. The monoisotopic (exact) mass is 307 g/mol. The summed E-state index contributed by atoms with van der Waals surface area (Å²) < 4.78 is 13.2. The molecule has 0 saturated carbocycles. The summed E-state index contributed by atoms with van der Waals surface area (Å²) >= 11 is 1.35. The molecule has 0 unspecified atom stereocenters. The second-order valence-electron chi connectivity index (χ2n) is 6.00. The Kier molecular flexibility index (Phi) is 4.52. The van der Waals surface area contributed by atoms with E-state index in [-0.39, 0.29) is 24.1 Å². The maximum Gasteiger partial charge on any atom is 0.238 e. The van der Waals surface area contributed by atoms with Gasteiger partial charge in [0.05, 0.1) is 17.3 Å². The van der Waals surface area contributed by atoms with Gasteiger partial charge in [0.15, 0.2) is 5.78 Å². The highest BCUT2D eigenvalue weighted by Crippen LogP contribution is 2.31. The fourth-order valence-corrected chi connectivity index (χ4v) is 2.79. The SMILES string of the molecule is CC(C)(C)C(=O)C=C1SCC(=O)N1Cc1cccc(F)c1. The predicted molar refractivity (Wildman–Crippen MR) is 82.0 cm³/mol. The molecule has 112 valence electrons. The third-order valence-corrected chi connectivity index (χ3v) is 4.16. The zero-order valence-corrected chi connectivity index (χ0v) is 13.2. The van der Waals surface area contributed by atoms with Gasteiger partial charge in [-0.3, -0.25) is 9.59 Å². The van der Waals surface area contributed by atoms with Crippen LogP contribution in [0.5, 0.6) is 0 Å². The first-order valence-electron chi connectivity index (χ1n) is 6.71. The molecule has 5 heteroatoms. The van der Waals surface area contributed by atoms with Crippen molar-refractivity contribution in [3.8, 4) is 0 Å². The van der Waals surface area contributed by atoms with Crippen molar-refractivity contribution < 1.29 is 14.0 Å². The van der Waals surface area contributed by atoms with Crippen LogP contribution in [0.4, 0.5) is 4.39 Å². The molecule has 0 aliphatic carbocycles. The molecular formula is C16H18FNO2S. The lowest BCUT2D eigenvalue weighted by Gasteiger charge is -2.19. The van der Waals surface area contributed by atoms with E-state index in [2.05, 4.69) is 0 Å². The van der Waals surface area contributed by atoms with Gasteiger partial charge < -0.3 is 4.90 Å². The van der Waals surface area contributed by atoms with E-state index < -0.39 is 5.41 Å². The van der Waals surface area contributed by atoms with Crippen molar-refractivity contribution >= 4 is 23.5 Å². The number of amides is 1. The topological polar surface area (TPSA) is 37.4 Å². The quantitative estimate of drug-likeness (QED) is 0.804. The lowest BCUT2D eigenvalue weighted by Crippen LogP contribution is -2.25. The van der Waals surface area contributed by atoms with Crippen molar-refractivity contribution in [1.29, 1.82) is 0 Å². The summed E-state index contributed by atoms with van der Waals surface area (Å²) in [7, 11) is 0. The smallest absolute Gasteiger partial charge is 0.238 e. The van der Waals surface area contributed by atoms with Crippen molar-refractivity contribution in [2.45, 2.75) is 27.3 Å². The predicted octanol–water partition coefficient (Wildman–Crippen LogP) is 3.36. The van der Waals surface area contributed by atoms with E-state index in [1.165, 1.54) is 30.0 Å². The van der Waals surface area contributed by atoms with E-state index in [0.29, 0.717) is 16.3 Å². The summed E-state index contributed by atoms with van der Waals surface area (Å²) in [6.07, 6.45) is 1.52. The Bertz CT molecular complexity index is 605. The van der Waals surface area contributed by atoms with Gasteiger partial charge >= 0.3 is 0 Å². The van der Waals surface area contributed by atoms with Crippen LogP contribution in [0.15, 0.2) is 35.4 Å². The summed E-state index contributed by atoms with van der Waals surface area (Å²) in [5.41, 5.74) is 0.226. The molecule has 1 saturated heterocycles. The van der Waals surface area contributed by atoms with Crippen LogP contribution in [0.25, 0.3) is 0 Å². The first-order valence-corrected chi connectivity index (χ1v) is 7.69. The Labute approximate surface area is 128 Å². The molecule has 1 heterocycles. The van der Waals surface area contributed by atoms with Gasteiger partial charge in [0.2, 0.25) is 5.91 Å². The number of benzene rings is 1. The van der Waals surface area contributed by atoms with Crippen molar-refractivity contribution in [2.24, 2.45) is 5.41 Å². The Balaban J connectivity index is 2.21. The minimum absolute atomic E-state index is 0.0241. The van der Waals surface area contributed by atoms with E-state index in [1.54, 1.807) is 17.0 Å². The van der Waals surface area contributed by atoms with Crippen molar-refractivity contribution in [3.05, 3.63) is 46.8 Å². The molecule has 0 radical (unpaired) electrons. The second kappa shape index (κ2) is 6.02. The number of hydrogen-bond donors (Lipinski definition) is 0. The highest BCUT2D eigenvalue weighted by molar-refractivity contribution is 8.04. The van der Waals surface area contributed by atoms with Gasteiger partial charge in [-0.15, -0.1) is 0 Å². The van der Waals surface area contributed by atoms with Crippen LogP contribution >= 0.6 is 11.8 Å². The zero-order chi connectivity index (χ0) is 15.6. The number of nitrogens with zero attached hydrogens (tertiary/aromatic N) is 1. The molecule has 0 N–H and O–H groups in total. The summed E-state index contributed by atoms with van der Waals surface area (Å²) in [5.74, 6) is -0.0947. The lowest BCUT2D eigenvalue weighted by atomic mass is 9.91. The molecular weight excluding hydrogens is 289 g/mol. The molecule has 3 nitrogen and oxygen atoms in total. The maximum absolute atomic E-state index is 13.2. The number of thioether (sulfide) groups is 1. The second-order valence-corrected chi connectivity index (χ2v) is 6.99. The Morgan fingerprint density at radius 2 is 2.14 bits per heavy atom. The van der Waals surface area contributed by atoms with Gasteiger partial charge in [0.1, 0.15) is 5.82 Å². The molecule has 0 bridgehead atoms. The first-order chi connectivity index (χ1) is 9.77. The van der Waals surface area contributed by atoms with Crippen LogP contribution in [-0.4, -0.2) is 22.3 Å². The Morgan fingerprint density at radius 3 is 2.76 bits per heavy atom. The van der Waals surface area contributed by atoms with Crippen LogP contribution in [0.2, 0.25) is 0 Å². The fraction of sp³-hybridized carbons (Fsp3) is 0.375. The molecule has 1 aliphatic rings. The number of carbonyl (C=O) groups is 2. The number of ketones is 1. The number of rotatable bonds is 3. The molecule has 0 aromatic heterocycles. The van der Waals surface area contributed by atoms with Gasteiger partial charge in [-0.05, 0) is 17.7 Å².